The van der Waals surface area contributed by atoms with Gasteiger partial charge in [-0.05, 0) is 28.5 Å². The van der Waals surface area contributed by atoms with Crippen LogP contribution < -0.4 is 0 Å². The van der Waals surface area contributed by atoms with E-state index in [2.05, 4.69) is 6.07 Å². The van der Waals surface area contributed by atoms with Crippen molar-refractivity contribution in [3.63, 3.8) is 0 Å². The SMILES string of the molecule is N#CC1c2ccc3ccccc3c2C(=O)N1Cc1ccc(F)cc1. The minimum absolute atomic E-state index is 0.155. The summed E-state index contributed by atoms with van der Waals surface area (Å²) in [5.41, 5.74) is 2.13. The molecule has 0 N–H and O–H groups in total. The Kier molecular flexibility index (Phi) is 3.28. The van der Waals surface area contributed by atoms with Gasteiger partial charge in [-0.15, -0.1) is 0 Å². The normalized spacial score (nSPS) is 16.2. The summed E-state index contributed by atoms with van der Waals surface area (Å²) in [7, 11) is 0. The number of nitrogens with zero attached hydrogens (tertiary/aromatic N) is 2. The Hall–Kier alpha value is -3.19. The second-order valence-corrected chi connectivity index (χ2v) is 5.84. The summed E-state index contributed by atoms with van der Waals surface area (Å²) in [5.74, 6) is -0.477. The summed E-state index contributed by atoms with van der Waals surface area (Å²) in [6.07, 6.45) is 0. The van der Waals surface area contributed by atoms with E-state index in [9.17, 15) is 14.4 Å². The summed E-state index contributed by atoms with van der Waals surface area (Å²) in [6.45, 7) is 0.278. The maximum Gasteiger partial charge on any atom is 0.256 e. The Morgan fingerprint density at radius 3 is 2.54 bits per heavy atom. The monoisotopic (exact) mass is 316 g/mol. The van der Waals surface area contributed by atoms with Crippen molar-refractivity contribution in [2.45, 2.75) is 12.6 Å². The Morgan fingerprint density at radius 2 is 1.79 bits per heavy atom. The molecule has 0 spiro atoms. The average Bonchev–Trinajstić information content (AvgIpc) is 2.89. The first-order valence-corrected chi connectivity index (χ1v) is 7.66. The van der Waals surface area contributed by atoms with Crippen LogP contribution in [0.5, 0.6) is 0 Å². The average molecular weight is 316 g/mol. The van der Waals surface area contributed by atoms with E-state index in [-0.39, 0.29) is 18.3 Å². The molecule has 1 atom stereocenters. The molecule has 0 radical (unpaired) electrons. The van der Waals surface area contributed by atoms with Gasteiger partial charge in [-0.2, -0.15) is 5.26 Å². The highest BCUT2D eigenvalue weighted by Crippen LogP contribution is 2.38. The fourth-order valence-corrected chi connectivity index (χ4v) is 3.27. The number of carbonyl (C=O) groups excluding carboxylic acids is 1. The first kappa shape index (κ1) is 14.4. The molecular weight excluding hydrogens is 303 g/mol. The summed E-state index contributed by atoms with van der Waals surface area (Å²) in [4.78, 5) is 14.5. The number of carbonyl (C=O) groups is 1. The van der Waals surface area contributed by atoms with E-state index >= 15 is 0 Å². The molecule has 1 aliphatic heterocycles. The molecular formula is C20H13FN2O. The minimum Gasteiger partial charge on any atom is -0.314 e. The van der Waals surface area contributed by atoms with Crippen LogP contribution in [0.4, 0.5) is 4.39 Å². The molecule has 0 saturated heterocycles. The lowest BCUT2D eigenvalue weighted by molar-refractivity contribution is 0.0746. The standard InChI is InChI=1S/C20H13FN2O/c21-15-8-5-13(6-9-15)12-23-18(11-22)17-10-7-14-3-1-2-4-16(14)19(17)20(23)24/h1-10,18H,12H2. The van der Waals surface area contributed by atoms with Crippen LogP contribution in [0.3, 0.4) is 0 Å². The smallest absolute Gasteiger partial charge is 0.256 e. The Bertz CT molecular complexity index is 989. The molecule has 0 bridgehead atoms. The lowest BCUT2D eigenvalue weighted by Crippen LogP contribution is -2.26. The van der Waals surface area contributed by atoms with E-state index in [1.807, 2.05) is 36.4 Å². The van der Waals surface area contributed by atoms with Crippen LogP contribution >= 0.6 is 0 Å². The van der Waals surface area contributed by atoms with Crippen LogP contribution in [0.1, 0.15) is 27.5 Å². The molecule has 0 aromatic heterocycles. The van der Waals surface area contributed by atoms with Crippen LogP contribution in [0.25, 0.3) is 10.8 Å². The predicted octanol–water partition coefficient (Wildman–Crippen LogP) is 4.20. The quantitative estimate of drug-likeness (QED) is 0.711. The van der Waals surface area contributed by atoms with Crippen LogP contribution in [0.2, 0.25) is 0 Å². The molecule has 3 aromatic rings. The number of fused-ring (bicyclic) bond motifs is 3. The number of nitriles is 1. The molecule has 4 rings (SSSR count). The van der Waals surface area contributed by atoms with Crippen molar-refractivity contribution in [3.05, 3.63) is 83.2 Å². The molecule has 24 heavy (non-hydrogen) atoms. The van der Waals surface area contributed by atoms with Crippen molar-refractivity contribution >= 4 is 16.7 Å². The van der Waals surface area contributed by atoms with Gasteiger partial charge in [-0.25, -0.2) is 4.39 Å². The van der Waals surface area contributed by atoms with Crippen molar-refractivity contribution in [2.24, 2.45) is 0 Å². The number of hydrogen-bond donors (Lipinski definition) is 0. The topological polar surface area (TPSA) is 44.1 Å². The minimum atomic E-state index is -0.623. The third-order valence-corrected chi connectivity index (χ3v) is 4.43. The number of benzene rings is 3. The van der Waals surface area contributed by atoms with E-state index in [0.717, 1.165) is 21.9 Å². The lowest BCUT2D eigenvalue weighted by Gasteiger charge is -2.20. The molecule has 1 unspecified atom stereocenters. The fraction of sp³-hybridized carbons (Fsp3) is 0.100. The molecule has 116 valence electrons. The van der Waals surface area contributed by atoms with Crippen molar-refractivity contribution in [1.82, 2.24) is 4.90 Å². The number of hydrogen-bond acceptors (Lipinski definition) is 2. The van der Waals surface area contributed by atoms with Gasteiger partial charge in [0.05, 0.1) is 11.6 Å². The third-order valence-electron chi connectivity index (χ3n) is 4.43. The zero-order valence-corrected chi connectivity index (χ0v) is 12.7. The molecule has 1 amide bonds. The van der Waals surface area contributed by atoms with E-state index in [1.54, 1.807) is 17.0 Å². The van der Waals surface area contributed by atoms with Gasteiger partial charge < -0.3 is 4.90 Å². The van der Waals surface area contributed by atoms with Gasteiger partial charge in [-0.3, -0.25) is 4.79 Å². The summed E-state index contributed by atoms with van der Waals surface area (Å²) in [6, 6.07) is 19.1. The Morgan fingerprint density at radius 1 is 1.04 bits per heavy atom. The Labute approximate surface area is 138 Å². The van der Waals surface area contributed by atoms with Gasteiger partial charge in [0.25, 0.3) is 5.91 Å². The van der Waals surface area contributed by atoms with Crippen molar-refractivity contribution < 1.29 is 9.18 Å². The predicted molar refractivity (Wildman–Crippen MR) is 88.6 cm³/mol. The summed E-state index contributed by atoms with van der Waals surface area (Å²) >= 11 is 0. The van der Waals surface area contributed by atoms with Gasteiger partial charge in [0.2, 0.25) is 0 Å². The molecule has 0 fully saturated rings. The second-order valence-electron chi connectivity index (χ2n) is 5.84. The highest BCUT2D eigenvalue weighted by Gasteiger charge is 2.37. The van der Waals surface area contributed by atoms with Gasteiger partial charge in [0.15, 0.2) is 0 Å². The van der Waals surface area contributed by atoms with E-state index in [4.69, 9.17) is 0 Å². The zero-order chi connectivity index (χ0) is 16.7. The van der Waals surface area contributed by atoms with Crippen molar-refractivity contribution in [2.75, 3.05) is 0 Å². The van der Waals surface area contributed by atoms with E-state index < -0.39 is 6.04 Å². The Balaban J connectivity index is 1.80. The molecule has 0 saturated carbocycles. The van der Waals surface area contributed by atoms with Crippen molar-refractivity contribution in [3.8, 4) is 6.07 Å². The van der Waals surface area contributed by atoms with Crippen molar-refractivity contribution in [1.29, 1.82) is 5.26 Å². The number of amides is 1. The molecule has 3 nitrogen and oxygen atoms in total. The summed E-state index contributed by atoms with van der Waals surface area (Å²) in [5, 5.41) is 11.4. The van der Waals surface area contributed by atoms with Crippen LogP contribution in [-0.4, -0.2) is 10.8 Å². The lowest BCUT2D eigenvalue weighted by atomic mass is 9.98. The van der Waals surface area contributed by atoms with Gasteiger partial charge in [0.1, 0.15) is 11.9 Å². The largest absolute Gasteiger partial charge is 0.314 e. The maximum absolute atomic E-state index is 13.1. The molecule has 1 aliphatic rings. The molecule has 1 heterocycles. The van der Waals surface area contributed by atoms with E-state index in [0.29, 0.717) is 5.56 Å². The fourth-order valence-electron chi connectivity index (χ4n) is 3.27. The number of rotatable bonds is 2. The molecule has 4 heteroatoms. The molecule has 3 aromatic carbocycles. The highest BCUT2D eigenvalue weighted by atomic mass is 19.1. The second kappa shape index (κ2) is 5.47. The first-order valence-electron chi connectivity index (χ1n) is 7.66. The molecule has 0 aliphatic carbocycles. The summed E-state index contributed by atoms with van der Waals surface area (Å²) < 4.78 is 13.1. The van der Waals surface area contributed by atoms with Gasteiger partial charge in [-0.1, -0.05) is 48.5 Å². The van der Waals surface area contributed by atoms with E-state index in [1.165, 1.54) is 12.1 Å². The van der Waals surface area contributed by atoms with Gasteiger partial charge in [0, 0.05) is 12.1 Å². The first-order chi connectivity index (χ1) is 11.7. The maximum atomic E-state index is 13.1. The van der Waals surface area contributed by atoms with Crippen LogP contribution in [-0.2, 0) is 6.54 Å². The highest BCUT2D eigenvalue weighted by molar-refractivity contribution is 6.11. The zero-order valence-electron chi connectivity index (χ0n) is 12.7. The third kappa shape index (κ3) is 2.14. The van der Waals surface area contributed by atoms with Gasteiger partial charge >= 0.3 is 0 Å². The van der Waals surface area contributed by atoms with Crippen LogP contribution in [0.15, 0.2) is 60.7 Å². The van der Waals surface area contributed by atoms with Crippen LogP contribution in [0, 0.1) is 17.1 Å². The number of halogens is 1.